The lowest BCUT2D eigenvalue weighted by atomic mass is 10.1. The van der Waals surface area contributed by atoms with E-state index >= 15 is 0 Å². The van der Waals surface area contributed by atoms with E-state index in [9.17, 15) is 13.2 Å². The highest BCUT2D eigenvalue weighted by Crippen LogP contribution is 2.31. The molecule has 0 radical (unpaired) electrons. The fraction of sp³-hybridized carbons (Fsp3) is 0.280. The highest BCUT2D eigenvalue weighted by Gasteiger charge is 2.33. The summed E-state index contributed by atoms with van der Waals surface area (Å²) >= 11 is 0. The molecule has 4 rings (SSSR count). The lowest BCUT2D eigenvalue weighted by Gasteiger charge is -2.30. The number of hydrogen-bond acceptors (Lipinski definition) is 4. The fourth-order valence-electron chi connectivity index (χ4n) is 4.18. The normalized spacial score (nSPS) is 13.1. The van der Waals surface area contributed by atoms with Crippen LogP contribution in [0.5, 0.6) is 0 Å². The van der Waals surface area contributed by atoms with Gasteiger partial charge in [-0.25, -0.2) is 13.4 Å². The van der Waals surface area contributed by atoms with Gasteiger partial charge in [0.15, 0.2) is 0 Å². The van der Waals surface area contributed by atoms with Crippen LogP contribution in [0.25, 0.3) is 21.7 Å². The van der Waals surface area contributed by atoms with Crippen molar-refractivity contribution in [2.24, 2.45) is 7.05 Å². The topological polar surface area (TPSA) is 72.3 Å². The van der Waals surface area contributed by atoms with E-state index in [2.05, 4.69) is 0 Å². The number of sulfonamides is 1. The zero-order valence-electron chi connectivity index (χ0n) is 18.5. The summed E-state index contributed by atoms with van der Waals surface area (Å²) in [6, 6.07) is 19.5. The second-order valence-corrected chi connectivity index (χ2v) is 9.79. The van der Waals surface area contributed by atoms with Crippen LogP contribution in [0, 0.1) is 0 Å². The van der Waals surface area contributed by atoms with Crippen molar-refractivity contribution in [1.82, 2.24) is 13.9 Å². The molecule has 1 heterocycles. The van der Waals surface area contributed by atoms with Gasteiger partial charge in [0.05, 0.1) is 21.8 Å². The molecule has 0 aliphatic carbocycles. The first-order valence-corrected chi connectivity index (χ1v) is 12.3. The Bertz CT molecular complexity index is 1440. The molecule has 0 saturated carbocycles. The van der Waals surface area contributed by atoms with Gasteiger partial charge in [0, 0.05) is 13.6 Å². The van der Waals surface area contributed by atoms with Gasteiger partial charge in [-0.05, 0) is 47.9 Å². The summed E-state index contributed by atoms with van der Waals surface area (Å²) in [7, 11) is -2.16. The zero-order chi connectivity index (χ0) is 22.9. The molecule has 0 spiro atoms. The number of rotatable bonds is 7. The van der Waals surface area contributed by atoms with Crippen molar-refractivity contribution in [3.63, 3.8) is 0 Å². The summed E-state index contributed by atoms with van der Waals surface area (Å²) in [4.78, 5) is 17.9. The molecule has 3 aromatic carbocycles. The minimum Gasteiger partial charge on any atom is -0.298 e. The summed E-state index contributed by atoms with van der Waals surface area (Å²) in [6.07, 6.45) is 1.14. The molecule has 6 nitrogen and oxygen atoms in total. The first-order valence-electron chi connectivity index (χ1n) is 10.8. The summed E-state index contributed by atoms with van der Waals surface area (Å²) in [6.45, 7) is 4.20. The minimum atomic E-state index is -3.82. The van der Waals surface area contributed by atoms with Gasteiger partial charge in [-0.3, -0.25) is 9.36 Å². The quantitative estimate of drug-likeness (QED) is 0.412. The third kappa shape index (κ3) is 3.82. The Morgan fingerprint density at radius 3 is 2.38 bits per heavy atom. The van der Waals surface area contributed by atoms with Crippen LogP contribution < -0.4 is 5.56 Å². The molecule has 32 heavy (non-hydrogen) atoms. The zero-order valence-corrected chi connectivity index (χ0v) is 19.3. The molecule has 166 valence electrons. The van der Waals surface area contributed by atoms with Gasteiger partial charge in [-0.15, -0.1) is 0 Å². The van der Waals surface area contributed by atoms with Gasteiger partial charge in [0.1, 0.15) is 5.82 Å². The van der Waals surface area contributed by atoms with Crippen LogP contribution in [0.4, 0.5) is 0 Å². The van der Waals surface area contributed by atoms with Crippen LogP contribution in [0.15, 0.2) is 76.4 Å². The van der Waals surface area contributed by atoms with Crippen LogP contribution in [-0.4, -0.2) is 28.8 Å². The van der Waals surface area contributed by atoms with Crippen LogP contribution in [-0.2, 0) is 17.1 Å². The molecule has 1 atom stereocenters. The van der Waals surface area contributed by atoms with Gasteiger partial charge < -0.3 is 0 Å². The molecule has 0 aliphatic rings. The Labute approximate surface area is 188 Å². The van der Waals surface area contributed by atoms with Crippen molar-refractivity contribution in [3.8, 4) is 0 Å². The summed E-state index contributed by atoms with van der Waals surface area (Å²) in [5.41, 5.74) is 0.396. The largest absolute Gasteiger partial charge is 0.298 e. The summed E-state index contributed by atoms with van der Waals surface area (Å²) in [5.74, 6) is 0.453. The first-order chi connectivity index (χ1) is 15.4. The Kier molecular flexibility index (Phi) is 6.13. The van der Waals surface area contributed by atoms with Crippen molar-refractivity contribution < 1.29 is 8.42 Å². The second kappa shape index (κ2) is 8.84. The average Bonchev–Trinajstić information content (AvgIpc) is 2.81. The minimum absolute atomic E-state index is 0.177. The van der Waals surface area contributed by atoms with Crippen molar-refractivity contribution in [2.45, 2.75) is 37.6 Å². The average molecular weight is 450 g/mol. The SMILES string of the molecule is CCCN(C(CC)c1nc2ccccc2c(=O)n1C)S(=O)(=O)c1ccc2ccccc2c1. The van der Waals surface area contributed by atoms with Crippen LogP contribution >= 0.6 is 0 Å². The van der Waals surface area contributed by atoms with Crippen molar-refractivity contribution in [3.05, 3.63) is 82.9 Å². The lowest BCUT2D eigenvalue weighted by Crippen LogP contribution is -2.38. The molecule has 0 fully saturated rings. The van der Waals surface area contributed by atoms with Crippen molar-refractivity contribution in [1.29, 1.82) is 0 Å². The predicted molar refractivity (Wildman–Crippen MR) is 128 cm³/mol. The molecular formula is C25H27N3O3S. The van der Waals surface area contributed by atoms with Crippen molar-refractivity contribution >= 4 is 31.7 Å². The van der Waals surface area contributed by atoms with E-state index in [1.807, 2.05) is 50.2 Å². The Morgan fingerprint density at radius 1 is 0.969 bits per heavy atom. The van der Waals surface area contributed by atoms with E-state index < -0.39 is 16.1 Å². The highest BCUT2D eigenvalue weighted by atomic mass is 32.2. The van der Waals surface area contributed by atoms with Gasteiger partial charge in [-0.1, -0.05) is 56.3 Å². The second-order valence-electron chi connectivity index (χ2n) is 7.90. The summed E-state index contributed by atoms with van der Waals surface area (Å²) in [5, 5.41) is 2.38. The van der Waals surface area contributed by atoms with Gasteiger partial charge in [0.2, 0.25) is 10.0 Å². The van der Waals surface area contributed by atoms with Gasteiger partial charge in [-0.2, -0.15) is 4.31 Å². The van der Waals surface area contributed by atoms with E-state index in [0.717, 1.165) is 10.8 Å². The molecule has 0 amide bonds. The van der Waals surface area contributed by atoms with Crippen LogP contribution in [0.3, 0.4) is 0 Å². The number of fused-ring (bicyclic) bond motifs is 2. The van der Waals surface area contributed by atoms with E-state index in [4.69, 9.17) is 4.98 Å². The summed E-state index contributed by atoms with van der Waals surface area (Å²) < 4.78 is 30.6. The lowest BCUT2D eigenvalue weighted by molar-refractivity contribution is 0.298. The third-order valence-corrected chi connectivity index (χ3v) is 7.73. The smallest absolute Gasteiger partial charge is 0.261 e. The fourth-order valence-corrected chi connectivity index (χ4v) is 5.96. The standard InChI is InChI=1S/C25H27N3O3S/c1-4-16-28(32(30,31)20-15-14-18-10-6-7-11-19(18)17-20)23(5-2)24-26-22-13-9-8-12-21(22)25(29)27(24)3/h6-15,17,23H,4-5,16H2,1-3H3. The number of para-hydroxylation sites is 1. The molecular weight excluding hydrogens is 422 g/mol. The van der Waals surface area contributed by atoms with Crippen molar-refractivity contribution in [2.75, 3.05) is 6.54 Å². The molecule has 1 unspecified atom stereocenters. The maximum absolute atomic E-state index is 13.8. The number of nitrogens with zero attached hydrogens (tertiary/aromatic N) is 3. The van der Waals surface area contributed by atoms with E-state index in [-0.39, 0.29) is 10.5 Å². The molecule has 0 bridgehead atoms. The molecule has 0 aliphatic heterocycles. The number of hydrogen-bond donors (Lipinski definition) is 0. The number of aromatic nitrogens is 2. The maximum atomic E-state index is 13.8. The van der Waals surface area contributed by atoms with Gasteiger partial charge >= 0.3 is 0 Å². The Balaban J connectivity index is 1.87. The highest BCUT2D eigenvalue weighted by molar-refractivity contribution is 7.89. The maximum Gasteiger partial charge on any atom is 0.261 e. The monoisotopic (exact) mass is 449 g/mol. The molecule has 4 aromatic rings. The van der Waals surface area contributed by atoms with E-state index in [1.165, 1.54) is 8.87 Å². The van der Waals surface area contributed by atoms with Crippen LogP contribution in [0.1, 0.15) is 38.6 Å². The Morgan fingerprint density at radius 2 is 1.66 bits per heavy atom. The Hall–Kier alpha value is -3.03. The molecule has 7 heteroatoms. The van der Waals surface area contributed by atoms with Crippen LogP contribution in [0.2, 0.25) is 0 Å². The van der Waals surface area contributed by atoms with Gasteiger partial charge in [0.25, 0.3) is 5.56 Å². The molecule has 1 aromatic heterocycles. The van der Waals surface area contributed by atoms with E-state index in [0.29, 0.717) is 36.1 Å². The third-order valence-electron chi connectivity index (χ3n) is 5.82. The first kappa shape index (κ1) is 22.2. The number of benzene rings is 3. The predicted octanol–water partition coefficient (Wildman–Crippen LogP) is 4.64. The van der Waals surface area contributed by atoms with E-state index in [1.54, 1.807) is 37.4 Å². The molecule has 0 N–H and O–H groups in total. The molecule has 0 saturated heterocycles.